The molecule has 2 aromatic rings. The Bertz CT molecular complexity index is 660. The maximum Gasteiger partial charge on any atom is 0.272 e. The summed E-state index contributed by atoms with van der Waals surface area (Å²) in [5, 5.41) is 7.11. The number of hydrogen-bond acceptors (Lipinski definition) is 4. The minimum atomic E-state index is -0.236. The molecule has 6 nitrogen and oxygen atoms in total. The molecule has 0 fully saturated rings. The number of amides is 1. The van der Waals surface area contributed by atoms with E-state index in [0.717, 1.165) is 11.3 Å². The number of methoxy groups -OCH3 is 2. The molecule has 118 valence electrons. The zero-order valence-corrected chi connectivity index (χ0v) is 13.5. The Morgan fingerprint density at radius 3 is 2.55 bits per heavy atom. The van der Waals surface area contributed by atoms with Gasteiger partial charge < -0.3 is 14.8 Å². The molecule has 1 amide bonds. The fourth-order valence-electron chi connectivity index (χ4n) is 2.20. The highest BCUT2D eigenvalue weighted by Gasteiger charge is 2.18. The lowest BCUT2D eigenvalue weighted by atomic mass is 10.1. The molecule has 1 heterocycles. The highest BCUT2D eigenvalue weighted by molar-refractivity contribution is 5.92. The van der Waals surface area contributed by atoms with Gasteiger partial charge in [0, 0.05) is 18.3 Å². The summed E-state index contributed by atoms with van der Waals surface area (Å²) >= 11 is 0. The van der Waals surface area contributed by atoms with Crippen LogP contribution in [-0.2, 0) is 7.05 Å². The molecule has 1 atom stereocenters. The van der Waals surface area contributed by atoms with E-state index in [0.29, 0.717) is 17.2 Å². The zero-order chi connectivity index (χ0) is 16.3. The third kappa shape index (κ3) is 3.21. The van der Waals surface area contributed by atoms with E-state index in [9.17, 15) is 4.79 Å². The first-order valence-corrected chi connectivity index (χ1v) is 6.99. The third-order valence-corrected chi connectivity index (χ3v) is 3.60. The van der Waals surface area contributed by atoms with Crippen molar-refractivity contribution in [3.8, 4) is 11.5 Å². The Morgan fingerprint density at radius 2 is 2.00 bits per heavy atom. The Balaban J connectivity index is 2.21. The average Bonchev–Trinajstić information content (AvgIpc) is 2.86. The Hall–Kier alpha value is -2.50. The molecule has 1 N–H and O–H groups in total. The first-order valence-electron chi connectivity index (χ1n) is 6.99. The lowest BCUT2D eigenvalue weighted by molar-refractivity contribution is 0.0933. The van der Waals surface area contributed by atoms with Gasteiger partial charge in [-0.15, -0.1) is 0 Å². The topological polar surface area (TPSA) is 65.4 Å². The van der Waals surface area contributed by atoms with Crippen molar-refractivity contribution in [1.82, 2.24) is 15.1 Å². The summed E-state index contributed by atoms with van der Waals surface area (Å²) in [5.41, 5.74) is 2.17. The van der Waals surface area contributed by atoms with E-state index in [1.807, 2.05) is 32.0 Å². The van der Waals surface area contributed by atoms with Gasteiger partial charge >= 0.3 is 0 Å². The van der Waals surface area contributed by atoms with Gasteiger partial charge in [0.15, 0.2) is 0 Å². The van der Waals surface area contributed by atoms with Gasteiger partial charge in [-0.1, -0.05) is 0 Å². The van der Waals surface area contributed by atoms with Crippen LogP contribution in [0.5, 0.6) is 11.5 Å². The van der Waals surface area contributed by atoms with Crippen molar-refractivity contribution < 1.29 is 14.3 Å². The van der Waals surface area contributed by atoms with Crippen molar-refractivity contribution in [3.05, 3.63) is 41.2 Å². The first kappa shape index (κ1) is 15.9. The van der Waals surface area contributed by atoms with Crippen molar-refractivity contribution in [1.29, 1.82) is 0 Å². The fraction of sp³-hybridized carbons (Fsp3) is 0.375. The quantitative estimate of drug-likeness (QED) is 0.920. The average molecular weight is 303 g/mol. The molecule has 0 aliphatic rings. The van der Waals surface area contributed by atoms with E-state index in [1.54, 1.807) is 32.0 Å². The van der Waals surface area contributed by atoms with Crippen LogP contribution in [0, 0.1) is 6.92 Å². The second kappa shape index (κ2) is 6.51. The molecule has 6 heteroatoms. The van der Waals surface area contributed by atoms with Gasteiger partial charge in [0.2, 0.25) is 0 Å². The monoisotopic (exact) mass is 303 g/mol. The number of ether oxygens (including phenoxy) is 2. The molecule has 0 aliphatic carbocycles. The van der Waals surface area contributed by atoms with E-state index >= 15 is 0 Å². The number of rotatable bonds is 5. The summed E-state index contributed by atoms with van der Waals surface area (Å²) in [6.07, 6.45) is 0. The van der Waals surface area contributed by atoms with Gasteiger partial charge in [-0.2, -0.15) is 5.10 Å². The lowest BCUT2D eigenvalue weighted by Gasteiger charge is -2.17. The Labute approximate surface area is 130 Å². The Morgan fingerprint density at radius 1 is 1.27 bits per heavy atom. The van der Waals surface area contributed by atoms with Gasteiger partial charge in [-0.25, -0.2) is 0 Å². The number of carbonyl (C=O) groups excluding carboxylic acids is 1. The molecule has 1 aromatic heterocycles. The second-order valence-electron chi connectivity index (χ2n) is 5.10. The molecule has 0 spiro atoms. The Kier molecular flexibility index (Phi) is 4.70. The summed E-state index contributed by atoms with van der Waals surface area (Å²) in [7, 11) is 5.01. The van der Waals surface area contributed by atoms with Crippen LogP contribution in [0.25, 0.3) is 0 Å². The first-order chi connectivity index (χ1) is 10.5. The zero-order valence-electron chi connectivity index (χ0n) is 13.5. The number of nitrogens with one attached hydrogen (secondary N) is 1. The van der Waals surface area contributed by atoms with Crippen LogP contribution in [0.2, 0.25) is 0 Å². The number of aromatic nitrogens is 2. The van der Waals surface area contributed by atoms with Gasteiger partial charge in [0.05, 0.1) is 20.3 Å². The summed E-state index contributed by atoms with van der Waals surface area (Å²) in [4.78, 5) is 12.3. The second-order valence-corrected chi connectivity index (χ2v) is 5.10. The van der Waals surface area contributed by atoms with E-state index in [-0.39, 0.29) is 11.9 Å². The minimum Gasteiger partial charge on any atom is -0.497 e. The predicted octanol–water partition coefficient (Wildman–Crippen LogP) is 2.24. The summed E-state index contributed by atoms with van der Waals surface area (Å²) < 4.78 is 12.3. The van der Waals surface area contributed by atoms with E-state index < -0.39 is 0 Å². The number of aryl methyl sites for hydroxylation is 2. The van der Waals surface area contributed by atoms with Crippen molar-refractivity contribution in [2.24, 2.45) is 7.05 Å². The maximum atomic E-state index is 12.3. The van der Waals surface area contributed by atoms with Crippen molar-refractivity contribution >= 4 is 5.91 Å². The van der Waals surface area contributed by atoms with Crippen LogP contribution in [-0.4, -0.2) is 29.9 Å². The van der Waals surface area contributed by atoms with Gasteiger partial charge in [0.1, 0.15) is 17.2 Å². The standard InChI is InChI=1S/C16H21N3O3/c1-10-8-14(18-19(10)3)16(20)17-11(2)13-9-12(21-4)6-7-15(13)22-5/h6-9,11H,1-5H3,(H,17,20). The molecule has 1 aromatic carbocycles. The maximum absolute atomic E-state index is 12.3. The largest absolute Gasteiger partial charge is 0.497 e. The van der Waals surface area contributed by atoms with E-state index in [2.05, 4.69) is 10.4 Å². The van der Waals surface area contributed by atoms with Gasteiger partial charge in [-0.05, 0) is 38.1 Å². The van der Waals surface area contributed by atoms with Crippen LogP contribution < -0.4 is 14.8 Å². The smallest absolute Gasteiger partial charge is 0.272 e. The molecule has 0 saturated heterocycles. The summed E-state index contributed by atoms with van der Waals surface area (Å²) in [6.45, 7) is 3.79. The van der Waals surface area contributed by atoms with Gasteiger partial charge in [-0.3, -0.25) is 9.48 Å². The third-order valence-electron chi connectivity index (χ3n) is 3.60. The van der Waals surface area contributed by atoms with E-state index in [4.69, 9.17) is 9.47 Å². The van der Waals surface area contributed by atoms with Crippen LogP contribution in [0.3, 0.4) is 0 Å². The number of carbonyl (C=O) groups is 1. The van der Waals surface area contributed by atoms with Crippen LogP contribution >= 0.6 is 0 Å². The van der Waals surface area contributed by atoms with Crippen molar-refractivity contribution in [2.75, 3.05) is 14.2 Å². The van der Waals surface area contributed by atoms with Gasteiger partial charge in [0.25, 0.3) is 5.91 Å². The number of nitrogens with zero attached hydrogens (tertiary/aromatic N) is 2. The number of hydrogen-bond donors (Lipinski definition) is 1. The molecule has 0 aliphatic heterocycles. The lowest BCUT2D eigenvalue weighted by Crippen LogP contribution is -2.27. The van der Waals surface area contributed by atoms with Crippen molar-refractivity contribution in [2.45, 2.75) is 19.9 Å². The highest BCUT2D eigenvalue weighted by atomic mass is 16.5. The van der Waals surface area contributed by atoms with Crippen molar-refractivity contribution in [3.63, 3.8) is 0 Å². The highest BCUT2D eigenvalue weighted by Crippen LogP contribution is 2.29. The minimum absolute atomic E-state index is 0.221. The van der Waals surface area contributed by atoms with Crippen LogP contribution in [0.1, 0.15) is 34.7 Å². The molecule has 0 saturated carbocycles. The fourth-order valence-corrected chi connectivity index (χ4v) is 2.20. The number of benzene rings is 1. The van der Waals surface area contributed by atoms with Crippen LogP contribution in [0.15, 0.2) is 24.3 Å². The molecule has 2 rings (SSSR count). The summed E-state index contributed by atoms with van der Waals surface area (Å²) in [5.74, 6) is 1.19. The predicted molar refractivity (Wildman–Crippen MR) is 83.4 cm³/mol. The molecular weight excluding hydrogens is 282 g/mol. The molecule has 0 bridgehead atoms. The van der Waals surface area contributed by atoms with Crippen LogP contribution in [0.4, 0.5) is 0 Å². The van der Waals surface area contributed by atoms with E-state index in [1.165, 1.54) is 0 Å². The molecular formula is C16H21N3O3. The molecule has 1 unspecified atom stereocenters. The summed E-state index contributed by atoms with van der Waals surface area (Å²) in [6, 6.07) is 7.01. The molecule has 22 heavy (non-hydrogen) atoms. The normalized spacial score (nSPS) is 11.9. The molecule has 0 radical (unpaired) electrons. The SMILES string of the molecule is COc1ccc(OC)c(C(C)NC(=O)c2cc(C)n(C)n2)c1.